The van der Waals surface area contributed by atoms with E-state index in [0.717, 1.165) is 11.1 Å². The Hall–Kier alpha value is -9.06. The van der Waals surface area contributed by atoms with E-state index in [1.54, 1.807) is 41.5 Å². The maximum atomic E-state index is 14.8. The van der Waals surface area contributed by atoms with Gasteiger partial charge in [-0.1, -0.05) is 72.8 Å². The summed E-state index contributed by atoms with van der Waals surface area (Å²) >= 11 is 0. The van der Waals surface area contributed by atoms with Crippen LogP contribution in [-0.2, 0) is 31.9 Å². The molecule has 4 amide bonds. The van der Waals surface area contributed by atoms with Gasteiger partial charge in [-0.15, -0.1) is 0 Å². The molecule has 0 heterocycles. The number of hydrogen-bond acceptors (Lipinski definition) is 12. The number of hydrogen-bond donors (Lipinski definition) is 6. The zero-order valence-corrected chi connectivity index (χ0v) is 46.0. The van der Waals surface area contributed by atoms with Crippen molar-refractivity contribution in [3.05, 3.63) is 179 Å². The summed E-state index contributed by atoms with van der Waals surface area (Å²) in [6.07, 6.45) is 1.17. The van der Waals surface area contributed by atoms with Gasteiger partial charge in [0.1, 0.15) is 11.2 Å². The summed E-state index contributed by atoms with van der Waals surface area (Å²) in [7, 11) is 2.75. The van der Waals surface area contributed by atoms with Crippen LogP contribution in [0.4, 0.5) is 21.0 Å². The molecule has 0 aliphatic heterocycles. The first-order valence-electron chi connectivity index (χ1n) is 26.1. The van der Waals surface area contributed by atoms with Gasteiger partial charge in [0.15, 0.2) is 34.1 Å². The molecule has 0 bridgehead atoms. The topological polar surface area (TPSA) is 246 Å². The monoisotopic (exact) mass is 1090 g/mol. The Morgan fingerprint density at radius 3 is 1.14 bits per heavy atom. The number of ether oxygens (including phenoxy) is 6. The van der Waals surface area contributed by atoms with Gasteiger partial charge in [-0.3, -0.25) is 20.2 Å². The predicted octanol–water partition coefficient (Wildman–Crippen LogP) is 10.8. The molecule has 0 atom stereocenters. The molecule has 0 saturated heterocycles. The molecule has 6 aromatic rings. The first kappa shape index (κ1) is 58.6. The minimum absolute atomic E-state index is 0.0271. The van der Waals surface area contributed by atoms with E-state index in [2.05, 4.69) is 21.3 Å². The minimum atomic E-state index is -2.61. The number of methoxy groups -OCH3 is 2. The van der Waals surface area contributed by atoms with E-state index in [1.165, 1.54) is 99.1 Å². The van der Waals surface area contributed by atoms with Crippen molar-refractivity contribution in [2.75, 3.05) is 38.1 Å². The van der Waals surface area contributed by atoms with Crippen LogP contribution in [0.25, 0.3) is 0 Å². The number of amides is 4. The summed E-state index contributed by atoms with van der Waals surface area (Å²) < 4.78 is 34.8. The zero-order chi connectivity index (χ0) is 57.8. The SMILES string of the molecule is COc1cc(C2C(NC(=O)c3ccc(NC(=O)OC(C)(C)C)cc3)(C(=O)O)C(c3ccc(OCCCc4ccccc4)c(OC)c3)C2(NC(=O)c2ccc(NC(=O)OC(C)(C)C)cc2)C(=O)O)ccc1OCCCc1ccccc1. The van der Waals surface area contributed by atoms with Crippen molar-refractivity contribution in [2.24, 2.45) is 0 Å². The van der Waals surface area contributed by atoms with Crippen molar-refractivity contribution < 1.29 is 67.4 Å². The summed E-state index contributed by atoms with van der Waals surface area (Å²) in [5.41, 5.74) is -4.17. The standard InChI is InChI=1S/C62H68N4O14/c1-59(2,3)79-57(73)63-45-29-23-41(24-30-45)53(67)65-61(55(69)70)51(43-27-33-47(49(37-43)75-7)77-35-15-21-39-17-11-9-12-18-39)62(56(71)72,66-54(68)42-25-31-46(32-26-42)64-58(74)80-60(4,5)6)52(61)44-28-34-48(50(38-44)76-8)78-36-16-22-40-19-13-10-14-20-40/h9-14,17-20,23-34,37-38,51-52H,15-16,21-22,35-36H2,1-8H3,(H,63,73)(H,64,74)(H,65,67)(H,66,68)(H,69,70)(H,71,72). The van der Waals surface area contributed by atoms with E-state index in [0.29, 0.717) is 25.7 Å². The lowest BCUT2D eigenvalue weighted by Crippen LogP contribution is -2.86. The fourth-order valence-electron chi connectivity index (χ4n) is 9.84. The third-order valence-electron chi connectivity index (χ3n) is 13.2. The van der Waals surface area contributed by atoms with Crippen LogP contribution in [0.15, 0.2) is 146 Å². The van der Waals surface area contributed by atoms with Crippen molar-refractivity contribution >= 4 is 47.3 Å². The van der Waals surface area contributed by atoms with Gasteiger partial charge in [0.2, 0.25) is 0 Å². The molecule has 1 saturated carbocycles. The van der Waals surface area contributed by atoms with Gasteiger partial charge in [-0.05, 0) is 162 Å². The van der Waals surface area contributed by atoms with Crippen molar-refractivity contribution in [1.29, 1.82) is 0 Å². The number of rotatable bonds is 22. The van der Waals surface area contributed by atoms with Gasteiger partial charge < -0.3 is 49.3 Å². The predicted molar refractivity (Wildman–Crippen MR) is 300 cm³/mol. The lowest BCUT2D eigenvalue weighted by Gasteiger charge is -2.64. The maximum absolute atomic E-state index is 14.8. The number of anilines is 2. The molecular formula is C62H68N4O14. The first-order chi connectivity index (χ1) is 38.1. The van der Waals surface area contributed by atoms with Gasteiger partial charge >= 0.3 is 24.1 Å². The second-order valence-corrected chi connectivity index (χ2v) is 21.2. The van der Waals surface area contributed by atoms with E-state index in [1.807, 2.05) is 60.7 Å². The molecule has 6 N–H and O–H groups in total. The van der Waals surface area contributed by atoms with E-state index in [4.69, 9.17) is 28.4 Å². The summed E-state index contributed by atoms with van der Waals surface area (Å²) in [6.45, 7) is 10.7. The summed E-state index contributed by atoms with van der Waals surface area (Å²) in [5.74, 6) is -8.12. The Bertz CT molecular complexity index is 2930. The van der Waals surface area contributed by atoms with Crippen LogP contribution in [0, 0.1) is 0 Å². The molecule has 7 rings (SSSR count). The van der Waals surface area contributed by atoms with Crippen molar-refractivity contribution in [1.82, 2.24) is 10.6 Å². The van der Waals surface area contributed by atoms with E-state index in [-0.39, 0.29) is 69.8 Å². The number of benzene rings is 6. The van der Waals surface area contributed by atoms with Crippen molar-refractivity contribution in [2.45, 2.75) is 101 Å². The van der Waals surface area contributed by atoms with E-state index < -0.39 is 70.1 Å². The van der Waals surface area contributed by atoms with E-state index in [9.17, 15) is 39.0 Å². The third kappa shape index (κ3) is 14.0. The second kappa shape index (κ2) is 25.2. The van der Waals surface area contributed by atoms with Gasteiger partial charge in [0.25, 0.3) is 11.8 Å². The van der Waals surface area contributed by atoms with E-state index >= 15 is 0 Å². The molecule has 420 valence electrons. The number of aliphatic carboxylic acids is 2. The molecule has 18 heteroatoms. The third-order valence-corrected chi connectivity index (χ3v) is 13.2. The minimum Gasteiger partial charge on any atom is -0.493 e. The van der Waals surface area contributed by atoms with Crippen molar-refractivity contribution in [3.63, 3.8) is 0 Å². The normalized spacial score (nSPS) is 17.6. The molecule has 80 heavy (non-hydrogen) atoms. The molecule has 0 unspecified atom stereocenters. The molecule has 1 aliphatic carbocycles. The average Bonchev–Trinajstić information content (AvgIpc) is 2.97. The largest absolute Gasteiger partial charge is 0.493 e. The Kier molecular flexibility index (Phi) is 18.4. The molecule has 1 aliphatic rings. The Morgan fingerprint density at radius 2 is 0.825 bits per heavy atom. The maximum Gasteiger partial charge on any atom is 0.412 e. The number of aryl methyl sites for hydroxylation is 2. The number of nitrogens with one attached hydrogen (secondary N) is 4. The molecule has 0 radical (unpaired) electrons. The smallest absolute Gasteiger partial charge is 0.412 e. The van der Waals surface area contributed by atoms with Crippen LogP contribution in [-0.4, -0.2) is 95.9 Å². The fourth-order valence-corrected chi connectivity index (χ4v) is 9.84. The Balaban J connectivity index is 1.34. The lowest BCUT2D eigenvalue weighted by molar-refractivity contribution is -0.171. The molecule has 0 aromatic heterocycles. The fraction of sp³-hybridized carbons (Fsp3) is 0.323. The van der Waals surface area contributed by atoms with Crippen molar-refractivity contribution in [3.8, 4) is 23.0 Å². The highest BCUT2D eigenvalue weighted by molar-refractivity contribution is 6.06. The van der Waals surface area contributed by atoms with Gasteiger partial charge in [-0.25, -0.2) is 19.2 Å². The number of carbonyl (C=O) groups excluding carboxylic acids is 4. The molecule has 0 spiro atoms. The van der Waals surface area contributed by atoms with Crippen LogP contribution in [0.5, 0.6) is 23.0 Å². The molecular weight excluding hydrogens is 1020 g/mol. The Labute approximate surface area is 465 Å². The highest BCUT2D eigenvalue weighted by Gasteiger charge is 2.80. The van der Waals surface area contributed by atoms with Crippen LogP contribution < -0.4 is 40.2 Å². The van der Waals surface area contributed by atoms with Crippen LogP contribution >= 0.6 is 0 Å². The number of carboxylic acid groups (broad SMARTS) is 2. The zero-order valence-electron chi connectivity index (χ0n) is 46.0. The highest BCUT2D eigenvalue weighted by atomic mass is 16.6. The van der Waals surface area contributed by atoms with Crippen LogP contribution in [0.3, 0.4) is 0 Å². The Morgan fingerprint density at radius 1 is 0.475 bits per heavy atom. The number of carbonyl (C=O) groups is 6. The lowest BCUT2D eigenvalue weighted by atomic mass is 9.43. The molecule has 1 fully saturated rings. The summed E-state index contributed by atoms with van der Waals surface area (Å²) in [4.78, 5) is 84.4. The van der Waals surface area contributed by atoms with Gasteiger partial charge in [0, 0.05) is 22.5 Å². The quantitative estimate of drug-likeness (QED) is 0.0346. The highest BCUT2D eigenvalue weighted by Crippen LogP contribution is 2.64. The van der Waals surface area contributed by atoms with Crippen LogP contribution in [0.1, 0.15) is 109 Å². The van der Waals surface area contributed by atoms with Gasteiger partial charge in [0.05, 0.1) is 39.3 Å². The van der Waals surface area contributed by atoms with Gasteiger partial charge in [-0.2, -0.15) is 0 Å². The summed E-state index contributed by atoms with van der Waals surface area (Å²) in [6, 6.07) is 39.6. The molecule has 6 aromatic carbocycles. The molecule has 18 nitrogen and oxygen atoms in total. The number of carboxylic acids is 2. The second-order valence-electron chi connectivity index (χ2n) is 21.2. The average molecular weight is 1090 g/mol. The summed E-state index contributed by atoms with van der Waals surface area (Å²) in [5, 5.41) is 34.5. The van der Waals surface area contributed by atoms with Crippen LogP contribution in [0.2, 0.25) is 0 Å². The first-order valence-corrected chi connectivity index (χ1v) is 26.1.